The molecule has 0 radical (unpaired) electrons. The number of benzene rings is 1. The van der Waals surface area contributed by atoms with E-state index >= 15 is 0 Å². The molecule has 0 saturated carbocycles. The smallest absolute Gasteiger partial charge is 0.0346 e. The van der Waals surface area contributed by atoms with Crippen LogP contribution in [0.1, 0.15) is 18.9 Å². The van der Waals surface area contributed by atoms with Gasteiger partial charge >= 0.3 is 0 Å². The Morgan fingerprint density at radius 2 is 2.18 bits per heavy atom. The molecule has 2 heterocycles. The quantitative estimate of drug-likeness (QED) is 0.782. The van der Waals surface area contributed by atoms with Crippen LogP contribution in [0.2, 0.25) is 0 Å². The molecule has 1 aliphatic rings. The molecule has 0 amide bonds. The molecule has 2 nitrogen and oxygen atoms in total. The number of likely N-dealkylation sites (tertiary alicyclic amines) is 1. The number of pyridine rings is 1. The van der Waals surface area contributed by atoms with Gasteiger partial charge in [-0.15, -0.1) is 0 Å². The second kappa shape index (κ2) is 4.46. The maximum Gasteiger partial charge on any atom is 0.0346 e. The van der Waals surface area contributed by atoms with Crippen LogP contribution in [0, 0.1) is 5.92 Å². The molecule has 3 rings (SSSR count). The molecule has 2 heteroatoms. The Bertz CT molecular complexity index is 516. The summed E-state index contributed by atoms with van der Waals surface area (Å²) in [7, 11) is 0. The first-order valence-electron chi connectivity index (χ1n) is 6.37. The summed E-state index contributed by atoms with van der Waals surface area (Å²) in [6.45, 7) is 5.83. The molecule has 0 aliphatic carbocycles. The largest absolute Gasteiger partial charge is 0.299 e. The molecule has 0 N–H and O–H groups in total. The van der Waals surface area contributed by atoms with Gasteiger partial charge in [-0.1, -0.05) is 31.2 Å². The summed E-state index contributed by atoms with van der Waals surface area (Å²) < 4.78 is 0. The van der Waals surface area contributed by atoms with Gasteiger partial charge in [-0.3, -0.25) is 9.88 Å². The molecule has 1 aromatic carbocycles. The lowest BCUT2D eigenvalue weighted by molar-refractivity contribution is 0.321. The zero-order valence-electron chi connectivity index (χ0n) is 10.3. The third-order valence-electron chi connectivity index (χ3n) is 3.65. The summed E-state index contributed by atoms with van der Waals surface area (Å²) in [6, 6.07) is 8.52. The second-order valence-corrected chi connectivity index (χ2v) is 5.15. The maximum atomic E-state index is 4.35. The average Bonchev–Trinajstić information content (AvgIpc) is 2.75. The van der Waals surface area contributed by atoms with Gasteiger partial charge < -0.3 is 0 Å². The Kier molecular flexibility index (Phi) is 2.81. The van der Waals surface area contributed by atoms with Gasteiger partial charge in [0.05, 0.1) is 0 Å². The van der Waals surface area contributed by atoms with Crippen molar-refractivity contribution in [2.75, 3.05) is 13.1 Å². The summed E-state index contributed by atoms with van der Waals surface area (Å²) >= 11 is 0. The maximum absolute atomic E-state index is 4.35. The molecule has 17 heavy (non-hydrogen) atoms. The summed E-state index contributed by atoms with van der Waals surface area (Å²) in [6.07, 6.45) is 5.30. The molecule has 2 aromatic rings. The van der Waals surface area contributed by atoms with E-state index in [0.717, 1.165) is 12.5 Å². The van der Waals surface area contributed by atoms with Crippen LogP contribution >= 0.6 is 0 Å². The van der Waals surface area contributed by atoms with Crippen LogP contribution in [0.3, 0.4) is 0 Å². The van der Waals surface area contributed by atoms with E-state index < -0.39 is 0 Å². The van der Waals surface area contributed by atoms with Crippen molar-refractivity contribution in [1.29, 1.82) is 0 Å². The number of fused-ring (bicyclic) bond motifs is 1. The number of hydrogen-bond acceptors (Lipinski definition) is 2. The first kappa shape index (κ1) is 10.7. The van der Waals surface area contributed by atoms with Gasteiger partial charge in [0.25, 0.3) is 0 Å². The van der Waals surface area contributed by atoms with Gasteiger partial charge in [0.1, 0.15) is 0 Å². The van der Waals surface area contributed by atoms with E-state index in [0.29, 0.717) is 0 Å². The number of nitrogens with zero attached hydrogens (tertiary/aromatic N) is 2. The van der Waals surface area contributed by atoms with Crippen molar-refractivity contribution in [2.24, 2.45) is 5.92 Å². The predicted molar refractivity (Wildman–Crippen MR) is 70.8 cm³/mol. The molecule has 0 bridgehead atoms. The van der Waals surface area contributed by atoms with E-state index in [9.17, 15) is 0 Å². The van der Waals surface area contributed by atoms with Crippen molar-refractivity contribution < 1.29 is 0 Å². The predicted octanol–water partition coefficient (Wildman–Crippen LogP) is 3.08. The van der Waals surface area contributed by atoms with E-state index in [-0.39, 0.29) is 0 Å². The monoisotopic (exact) mass is 226 g/mol. The molecule has 1 atom stereocenters. The van der Waals surface area contributed by atoms with Crippen molar-refractivity contribution >= 4 is 10.8 Å². The SMILES string of the molecule is CC1CCN(Cc2cncc3ccccc23)C1. The van der Waals surface area contributed by atoms with E-state index in [2.05, 4.69) is 41.1 Å². The Labute approximate surface area is 102 Å². The second-order valence-electron chi connectivity index (χ2n) is 5.15. The van der Waals surface area contributed by atoms with E-state index in [4.69, 9.17) is 0 Å². The Balaban J connectivity index is 1.90. The molecule has 0 spiro atoms. The third-order valence-corrected chi connectivity index (χ3v) is 3.65. The molecule has 1 aliphatic heterocycles. The summed E-state index contributed by atoms with van der Waals surface area (Å²) in [5.74, 6) is 0.845. The number of hydrogen-bond donors (Lipinski definition) is 0. The average molecular weight is 226 g/mol. The zero-order chi connectivity index (χ0) is 11.7. The highest BCUT2D eigenvalue weighted by molar-refractivity contribution is 5.84. The van der Waals surface area contributed by atoms with Crippen LogP contribution in [-0.4, -0.2) is 23.0 Å². The van der Waals surface area contributed by atoms with Crippen LogP contribution < -0.4 is 0 Å². The van der Waals surface area contributed by atoms with Crippen LogP contribution in [-0.2, 0) is 6.54 Å². The van der Waals surface area contributed by atoms with Gasteiger partial charge in [0.15, 0.2) is 0 Å². The topological polar surface area (TPSA) is 16.1 Å². The molecule has 1 saturated heterocycles. The van der Waals surface area contributed by atoms with Gasteiger partial charge in [-0.25, -0.2) is 0 Å². The lowest BCUT2D eigenvalue weighted by Gasteiger charge is -2.16. The van der Waals surface area contributed by atoms with Crippen LogP contribution in [0.25, 0.3) is 10.8 Å². The number of rotatable bonds is 2. The first-order valence-corrected chi connectivity index (χ1v) is 6.37. The zero-order valence-corrected chi connectivity index (χ0v) is 10.3. The Hall–Kier alpha value is -1.41. The fourth-order valence-electron chi connectivity index (χ4n) is 2.72. The van der Waals surface area contributed by atoms with E-state index in [1.54, 1.807) is 0 Å². The van der Waals surface area contributed by atoms with Gasteiger partial charge in [0.2, 0.25) is 0 Å². The third kappa shape index (κ3) is 2.18. The van der Waals surface area contributed by atoms with Crippen LogP contribution in [0.5, 0.6) is 0 Å². The fourth-order valence-corrected chi connectivity index (χ4v) is 2.72. The first-order chi connectivity index (χ1) is 8.33. The van der Waals surface area contributed by atoms with Crippen molar-refractivity contribution in [3.63, 3.8) is 0 Å². The standard InChI is InChI=1S/C15H18N2/c1-12-6-7-17(10-12)11-14-9-16-8-13-4-2-3-5-15(13)14/h2-5,8-9,12H,6-7,10-11H2,1H3. The van der Waals surface area contributed by atoms with Crippen molar-refractivity contribution in [3.8, 4) is 0 Å². The molecule has 1 unspecified atom stereocenters. The highest BCUT2D eigenvalue weighted by Crippen LogP contribution is 2.22. The van der Waals surface area contributed by atoms with Crippen LogP contribution in [0.15, 0.2) is 36.7 Å². The number of aromatic nitrogens is 1. The lowest BCUT2D eigenvalue weighted by Crippen LogP contribution is -2.19. The fraction of sp³-hybridized carbons (Fsp3) is 0.400. The Morgan fingerprint density at radius 3 is 3.00 bits per heavy atom. The van der Waals surface area contributed by atoms with Crippen molar-refractivity contribution in [2.45, 2.75) is 19.9 Å². The summed E-state index contributed by atoms with van der Waals surface area (Å²) in [5, 5.41) is 2.60. The normalized spacial score (nSPS) is 21.1. The molecular weight excluding hydrogens is 208 g/mol. The highest BCUT2D eigenvalue weighted by Gasteiger charge is 2.19. The minimum atomic E-state index is 0.845. The van der Waals surface area contributed by atoms with Gasteiger partial charge in [0, 0.05) is 30.9 Å². The Morgan fingerprint density at radius 1 is 1.29 bits per heavy atom. The molecule has 1 fully saturated rings. The van der Waals surface area contributed by atoms with Gasteiger partial charge in [-0.05, 0) is 29.8 Å². The molecule has 1 aromatic heterocycles. The molecule has 88 valence electrons. The van der Waals surface area contributed by atoms with E-state index in [1.165, 1.54) is 35.8 Å². The molecular formula is C15H18N2. The van der Waals surface area contributed by atoms with Crippen molar-refractivity contribution in [1.82, 2.24) is 9.88 Å². The van der Waals surface area contributed by atoms with Crippen LogP contribution in [0.4, 0.5) is 0 Å². The minimum absolute atomic E-state index is 0.845. The van der Waals surface area contributed by atoms with E-state index in [1.807, 2.05) is 12.4 Å². The van der Waals surface area contributed by atoms with Gasteiger partial charge in [-0.2, -0.15) is 0 Å². The summed E-state index contributed by atoms with van der Waals surface area (Å²) in [4.78, 5) is 6.88. The summed E-state index contributed by atoms with van der Waals surface area (Å²) in [5.41, 5.74) is 1.36. The lowest BCUT2D eigenvalue weighted by atomic mass is 10.1. The minimum Gasteiger partial charge on any atom is -0.299 e. The highest BCUT2D eigenvalue weighted by atomic mass is 15.1. The van der Waals surface area contributed by atoms with Crippen molar-refractivity contribution in [3.05, 3.63) is 42.2 Å².